The molecular formula is C13H9ClFN3S. The summed E-state index contributed by atoms with van der Waals surface area (Å²) in [5.41, 5.74) is 2.44. The minimum Gasteiger partial charge on any atom is -0.329 e. The number of imidazole rings is 1. The van der Waals surface area contributed by atoms with Gasteiger partial charge >= 0.3 is 0 Å². The molecule has 0 saturated heterocycles. The van der Waals surface area contributed by atoms with Crippen LogP contribution in [-0.2, 0) is 0 Å². The number of rotatable bonds is 1. The first-order valence-corrected chi connectivity index (χ1v) is 6.38. The Balaban J connectivity index is 2.43. The zero-order valence-corrected chi connectivity index (χ0v) is 11.5. The Morgan fingerprint density at radius 3 is 2.95 bits per heavy atom. The van der Waals surface area contributed by atoms with E-state index in [-0.39, 0.29) is 5.82 Å². The second-order valence-electron chi connectivity index (χ2n) is 4.20. The number of hydrogen-bond acceptors (Lipinski definition) is 2. The van der Waals surface area contributed by atoms with Gasteiger partial charge in [0.25, 0.3) is 0 Å². The van der Waals surface area contributed by atoms with Crippen LogP contribution in [0.5, 0.6) is 0 Å². The monoisotopic (exact) mass is 293 g/mol. The average molecular weight is 294 g/mol. The molecule has 1 N–H and O–H groups in total. The van der Waals surface area contributed by atoms with Crippen molar-refractivity contribution in [2.75, 3.05) is 0 Å². The van der Waals surface area contributed by atoms with Gasteiger partial charge < -0.3 is 4.98 Å². The molecule has 0 atom stereocenters. The Morgan fingerprint density at radius 2 is 2.21 bits per heavy atom. The number of aromatic amines is 1. The molecule has 1 aromatic carbocycles. The van der Waals surface area contributed by atoms with Crippen molar-refractivity contribution in [3.63, 3.8) is 0 Å². The average Bonchev–Trinajstić information content (AvgIpc) is 2.65. The van der Waals surface area contributed by atoms with Crippen LogP contribution in [0, 0.1) is 17.5 Å². The first-order valence-electron chi connectivity index (χ1n) is 5.59. The van der Waals surface area contributed by atoms with Crippen molar-refractivity contribution in [2.24, 2.45) is 0 Å². The lowest BCUT2D eigenvalue weighted by molar-refractivity contribution is 0.617. The quantitative estimate of drug-likeness (QED) is 0.683. The summed E-state index contributed by atoms with van der Waals surface area (Å²) < 4.78 is 16.0. The number of para-hydroxylation sites is 1. The van der Waals surface area contributed by atoms with E-state index in [2.05, 4.69) is 9.97 Å². The van der Waals surface area contributed by atoms with E-state index in [1.165, 1.54) is 12.3 Å². The standard InChI is InChI=1S/C13H9ClFN3S/c1-7-3-2-4-9(15)11(7)18-12-10(17-13(18)19)5-8(14)6-16-12/h2-6H,1H3,(H,17,19). The molecule has 0 unspecified atom stereocenters. The number of fused-ring (bicyclic) bond motifs is 1. The van der Waals surface area contributed by atoms with Crippen LogP contribution >= 0.6 is 23.8 Å². The molecule has 96 valence electrons. The molecule has 3 aromatic rings. The van der Waals surface area contributed by atoms with Gasteiger partial charge in [0.05, 0.1) is 16.2 Å². The molecular weight excluding hydrogens is 285 g/mol. The summed E-state index contributed by atoms with van der Waals surface area (Å²) in [6, 6.07) is 6.61. The van der Waals surface area contributed by atoms with E-state index in [9.17, 15) is 4.39 Å². The van der Waals surface area contributed by atoms with Gasteiger partial charge in [0.2, 0.25) is 0 Å². The lowest BCUT2D eigenvalue weighted by Gasteiger charge is -2.08. The molecule has 0 amide bonds. The number of pyridine rings is 1. The molecule has 3 rings (SSSR count). The Labute approximate surface area is 118 Å². The van der Waals surface area contributed by atoms with Crippen molar-refractivity contribution in [2.45, 2.75) is 6.92 Å². The fourth-order valence-electron chi connectivity index (χ4n) is 2.08. The molecule has 0 bridgehead atoms. The van der Waals surface area contributed by atoms with E-state index in [1.54, 1.807) is 16.7 Å². The van der Waals surface area contributed by atoms with Crippen LogP contribution in [0.1, 0.15) is 5.56 Å². The zero-order valence-electron chi connectivity index (χ0n) is 9.95. The van der Waals surface area contributed by atoms with E-state index < -0.39 is 0 Å². The molecule has 2 heterocycles. The smallest absolute Gasteiger partial charge is 0.184 e. The van der Waals surface area contributed by atoms with Crippen LogP contribution in [0.2, 0.25) is 5.02 Å². The Bertz CT molecular complexity index is 817. The second kappa shape index (κ2) is 4.43. The van der Waals surface area contributed by atoms with E-state index in [0.29, 0.717) is 26.6 Å². The van der Waals surface area contributed by atoms with Crippen LogP contribution in [0.25, 0.3) is 16.9 Å². The number of nitrogens with one attached hydrogen (secondary N) is 1. The second-order valence-corrected chi connectivity index (χ2v) is 5.02. The third-order valence-corrected chi connectivity index (χ3v) is 3.39. The van der Waals surface area contributed by atoms with Gasteiger partial charge in [-0.15, -0.1) is 0 Å². The summed E-state index contributed by atoms with van der Waals surface area (Å²) in [5, 5.41) is 0.501. The highest BCUT2D eigenvalue weighted by molar-refractivity contribution is 7.71. The number of benzene rings is 1. The Kier molecular flexibility index (Phi) is 2.88. The highest BCUT2D eigenvalue weighted by atomic mass is 35.5. The number of aryl methyl sites for hydroxylation is 1. The van der Waals surface area contributed by atoms with Gasteiger partial charge in [-0.05, 0) is 36.8 Å². The van der Waals surface area contributed by atoms with Gasteiger partial charge in [-0.25, -0.2) is 9.37 Å². The summed E-state index contributed by atoms with van der Waals surface area (Å²) in [7, 11) is 0. The maximum Gasteiger partial charge on any atom is 0.184 e. The third kappa shape index (κ3) is 1.95. The number of aromatic nitrogens is 3. The SMILES string of the molecule is Cc1cccc(F)c1-n1c(=S)[nH]c2cc(Cl)cnc21. The number of nitrogens with zero attached hydrogens (tertiary/aromatic N) is 2. The molecule has 0 spiro atoms. The predicted octanol–water partition coefficient (Wildman–Crippen LogP) is 4.18. The molecule has 0 aliphatic carbocycles. The van der Waals surface area contributed by atoms with E-state index in [4.69, 9.17) is 23.8 Å². The van der Waals surface area contributed by atoms with Crippen molar-refractivity contribution in [1.29, 1.82) is 0 Å². The minimum absolute atomic E-state index is 0.339. The van der Waals surface area contributed by atoms with Gasteiger partial charge in [-0.1, -0.05) is 23.7 Å². The first kappa shape index (κ1) is 12.3. The van der Waals surface area contributed by atoms with Crippen LogP contribution < -0.4 is 0 Å². The van der Waals surface area contributed by atoms with Crippen molar-refractivity contribution in [3.05, 3.63) is 51.6 Å². The molecule has 0 saturated carbocycles. The van der Waals surface area contributed by atoms with Gasteiger partial charge in [0.15, 0.2) is 10.4 Å². The molecule has 0 radical (unpaired) electrons. The summed E-state index contributed by atoms with van der Waals surface area (Å²) >= 11 is 11.1. The molecule has 19 heavy (non-hydrogen) atoms. The van der Waals surface area contributed by atoms with E-state index in [0.717, 1.165) is 5.56 Å². The van der Waals surface area contributed by atoms with Gasteiger partial charge in [-0.3, -0.25) is 4.57 Å². The molecule has 2 aromatic heterocycles. The summed E-state index contributed by atoms with van der Waals surface area (Å²) in [6.45, 7) is 1.83. The van der Waals surface area contributed by atoms with E-state index in [1.807, 2.05) is 13.0 Å². The van der Waals surface area contributed by atoms with Gasteiger partial charge in [0.1, 0.15) is 5.82 Å². The van der Waals surface area contributed by atoms with Crippen molar-refractivity contribution < 1.29 is 4.39 Å². The first-order chi connectivity index (χ1) is 9.08. The molecule has 3 nitrogen and oxygen atoms in total. The topological polar surface area (TPSA) is 33.6 Å². The normalized spacial score (nSPS) is 11.1. The van der Waals surface area contributed by atoms with Crippen LogP contribution in [0.4, 0.5) is 4.39 Å². The summed E-state index contributed by atoms with van der Waals surface area (Å²) in [5.74, 6) is -0.339. The molecule has 0 aliphatic rings. The van der Waals surface area contributed by atoms with Crippen molar-refractivity contribution >= 4 is 35.0 Å². The molecule has 6 heteroatoms. The predicted molar refractivity (Wildman–Crippen MR) is 76.0 cm³/mol. The largest absolute Gasteiger partial charge is 0.329 e. The number of halogens is 2. The maximum absolute atomic E-state index is 14.1. The third-order valence-electron chi connectivity index (χ3n) is 2.90. The van der Waals surface area contributed by atoms with Crippen molar-refractivity contribution in [1.82, 2.24) is 14.5 Å². The Hall–Kier alpha value is -1.72. The van der Waals surface area contributed by atoms with Crippen LogP contribution in [0.3, 0.4) is 0 Å². The Morgan fingerprint density at radius 1 is 1.42 bits per heavy atom. The zero-order chi connectivity index (χ0) is 13.6. The fourth-order valence-corrected chi connectivity index (χ4v) is 2.53. The lowest BCUT2D eigenvalue weighted by atomic mass is 10.2. The summed E-state index contributed by atoms with van der Waals surface area (Å²) in [6.07, 6.45) is 1.51. The molecule has 0 fully saturated rings. The number of H-pyrrole nitrogens is 1. The van der Waals surface area contributed by atoms with E-state index >= 15 is 0 Å². The lowest BCUT2D eigenvalue weighted by Crippen LogP contribution is -2.01. The van der Waals surface area contributed by atoms with Gasteiger partial charge in [-0.2, -0.15) is 0 Å². The summed E-state index contributed by atoms with van der Waals surface area (Å²) in [4.78, 5) is 7.21. The highest BCUT2D eigenvalue weighted by Crippen LogP contribution is 2.24. The van der Waals surface area contributed by atoms with Crippen LogP contribution in [0.15, 0.2) is 30.5 Å². The van der Waals surface area contributed by atoms with Crippen LogP contribution in [-0.4, -0.2) is 14.5 Å². The molecule has 0 aliphatic heterocycles. The maximum atomic E-state index is 14.1. The number of hydrogen-bond donors (Lipinski definition) is 1. The van der Waals surface area contributed by atoms with Crippen molar-refractivity contribution in [3.8, 4) is 5.69 Å². The fraction of sp³-hybridized carbons (Fsp3) is 0.0769. The van der Waals surface area contributed by atoms with Gasteiger partial charge in [0, 0.05) is 6.20 Å². The highest BCUT2D eigenvalue weighted by Gasteiger charge is 2.14. The minimum atomic E-state index is -0.339.